The maximum Gasteiger partial charge on any atom is 0.327 e. The second-order valence-corrected chi connectivity index (χ2v) is 6.15. The van der Waals surface area contributed by atoms with Crippen LogP contribution in [0, 0.1) is 0 Å². The molecule has 0 bridgehead atoms. The van der Waals surface area contributed by atoms with Gasteiger partial charge in [-0.15, -0.1) is 11.8 Å². The summed E-state index contributed by atoms with van der Waals surface area (Å²) in [5.41, 5.74) is 2.22. The van der Waals surface area contributed by atoms with Crippen molar-refractivity contribution in [2.75, 3.05) is 10.7 Å². The molecule has 2 aromatic rings. The highest BCUT2D eigenvalue weighted by Gasteiger charge is 2.40. The fraction of sp³-hybridized carbons (Fsp3) is 0.176. The standard InChI is InChI=1S/C17H15NO3S/c19-10-13-8-4-5-9-14(13)18-15(17(20)21)11-22-16(18)12-6-2-1-3-7-12/h1-10,15-16H,11H2,(H,20,21). The summed E-state index contributed by atoms with van der Waals surface area (Å²) >= 11 is 1.58. The maximum atomic E-state index is 11.6. The summed E-state index contributed by atoms with van der Waals surface area (Å²) in [5.74, 6) is -0.381. The van der Waals surface area contributed by atoms with Crippen molar-refractivity contribution in [2.24, 2.45) is 0 Å². The number of anilines is 1. The molecule has 0 radical (unpaired) electrons. The summed E-state index contributed by atoms with van der Waals surface area (Å²) in [6.45, 7) is 0. The number of carboxylic acid groups (broad SMARTS) is 1. The molecule has 112 valence electrons. The van der Waals surface area contributed by atoms with E-state index in [4.69, 9.17) is 0 Å². The Morgan fingerprint density at radius 3 is 2.50 bits per heavy atom. The molecule has 3 rings (SSSR count). The molecular formula is C17H15NO3S. The molecule has 1 heterocycles. The molecule has 4 nitrogen and oxygen atoms in total. The van der Waals surface area contributed by atoms with Crippen LogP contribution in [0.25, 0.3) is 0 Å². The van der Waals surface area contributed by atoms with Gasteiger partial charge in [-0.2, -0.15) is 0 Å². The Morgan fingerprint density at radius 2 is 1.82 bits per heavy atom. The number of carbonyl (C=O) groups is 2. The third kappa shape index (κ3) is 2.60. The lowest BCUT2D eigenvalue weighted by Gasteiger charge is -2.30. The van der Waals surface area contributed by atoms with Gasteiger partial charge in [0.15, 0.2) is 6.29 Å². The second-order valence-electron chi connectivity index (χ2n) is 5.03. The number of aldehydes is 1. The predicted octanol–water partition coefficient (Wildman–Crippen LogP) is 3.20. The van der Waals surface area contributed by atoms with Crippen LogP contribution >= 0.6 is 11.8 Å². The Morgan fingerprint density at radius 1 is 1.14 bits per heavy atom. The lowest BCUT2D eigenvalue weighted by molar-refractivity contribution is -0.137. The number of benzene rings is 2. The average Bonchev–Trinajstić information content (AvgIpc) is 3.00. The Bertz CT molecular complexity index is 689. The second kappa shape index (κ2) is 6.23. The average molecular weight is 313 g/mol. The number of para-hydroxylation sites is 1. The molecule has 1 saturated heterocycles. The Labute approximate surface area is 132 Å². The van der Waals surface area contributed by atoms with E-state index in [1.807, 2.05) is 47.4 Å². The van der Waals surface area contributed by atoms with Gasteiger partial charge in [-0.1, -0.05) is 42.5 Å². The van der Waals surface area contributed by atoms with Gasteiger partial charge in [-0.3, -0.25) is 4.79 Å². The van der Waals surface area contributed by atoms with E-state index in [0.29, 0.717) is 17.0 Å². The van der Waals surface area contributed by atoms with E-state index < -0.39 is 12.0 Å². The van der Waals surface area contributed by atoms with Crippen molar-refractivity contribution in [3.63, 3.8) is 0 Å². The van der Waals surface area contributed by atoms with Crippen LogP contribution < -0.4 is 4.90 Å². The van der Waals surface area contributed by atoms with E-state index in [1.54, 1.807) is 23.9 Å². The van der Waals surface area contributed by atoms with Crippen molar-refractivity contribution in [1.82, 2.24) is 0 Å². The summed E-state index contributed by atoms with van der Waals surface area (Å²) in [6.07, 6.45) is 0.777. The van der Waals surface area contributed by atoms with Gasteiger partial charge in [0.25, 0.3) is 0 Å². The highest BCUT2D eigenvalue weighted by Crippen LogP contribution is 2.44. The van der Waals surface area contributed by atoms with Crippen molar-refractivity contribution in [2.45, 2.75) is 11.4 Å². The zero-order valence-corrected chi connectivity index (χ0v) is 12.6. The van der Waals surface area contributed by atoms with Gasteiger partial charge in [0.2, 0.25) is 0 Å². The Balaban J connectivity index is 2.08. The quantitative estimate of drug-likeness (QED) is 0.878. The first kappa shape index (κ1) is 14.7. The molecule has 0 aromatic heterocycles. The van der Waals surface area contributed by atoms with E-state index >= 15 is 0 Å². The number of carbonyl (C=O) groups excluding carboxylic acids is 1. The number of hydrogen-bond acceptors (Lipinski definition) is 4. The summed E-state index contributed by atoms with van der Waals surface area (Å²) < 4.78 is 0. The van der Waals surface area contributed by atoms with Crippen molar-refractivity contribution >= 4 is 29.7 Å². The van der Waals surface area contributed by atoms with Crippen LogP contribution in [0.4, 0.5) is 5.69 Å². The molecule has 1 fully saturated rings. The van der Waals surface area contributed by atoms with E-state index in [9.17, 15) is 14.7 Å². The molecule has 0 saturated carbocycles. The molecule has 1 aliphatic rings. The van der Waals surface area contributed by atoms with Crippen molar-refractivity contribution in [1.29, 1.82) is 0 Å². The van der Waals surface area contributed by atoms with Crippen molar-refractivity contribution in [3.8, 4) is 0 Å². The first-order valence-electron chi connectivity index (χ1n) is 6.94. The summed E-state index contributed by atoms with van der Waals surface area (Å²) in [4.78, 5) is 24.8. The molecule has 1 N–H and O–H groups in total. The molecular weight excluding hydrogens is 298 g/mol. The molecule has 0 aliphatic carbocycles. The van der Waals surface area contributed by atoms with Gasteiger partial charge >= 0.3 is 5.97 Å². The Hall–Kier alpha value is -2.27. The zero-order valence-electron chi connectivity index (χ0n) is 11.8. The fourth-order valence-electron chi connectivity index (χ4n) is 2.69. The van der Waals surface area contributed by atoms with E-state index in [-0.39, 0.29) is 5.37 Å². The smallest absolute Gasteiger partial charge is 0.327 e. The van der Waals surface area contributed by atoms with Crippen LogP contribution in [0.3, 0.4) is 0 Å². The van der Waals surface area contributed by atoms with Gasteiger partial charge in [0.05, 0.1) is 0 Å². The minimum atomic E-state index is -0.869. The molecule has 2 unspecified atom stereocenters. The zero-order chi connectivity index (χ0) is 15.5. The molecule has 0 spiro atoms. The predicted molar refractivity (Wildman–Crippen MR) is 87.4 cm³/mol. The normalized spacial score (nSPS) is 20.8. The van der Waals surface area contributed by atoms with Crippen LogP contribution in [-0.4, -0.2) is 29.2 Å². The summed E-state index contributed by atoms with van der Waals surface area (Å²) in [7, 11) is 0. The number of nitrogens with zero attached hydrogens (tertiary/aromatic N) is 1. The van der Waals surface area contributed by atoms with Gasteiger partial charge in [0.1, 0.15) is 11.4 Å². The lowest BCUT2D eigenvalue weighted by Crippen LogP contribution is -2.39. The van der Waals surface area contributed by atoms with Gasteiger partial charge < -0.3 is 10.0 Å². The van der Waals surface area contributed by atoms with Gasteiger partial charge in [0, 0.05) is 17.0 Å². The molecule has 2 aromatic carbocycles. The van der Waals surface area contributed by atoms with Gasteiger partial charge in [-0.05, 0) is 17.7 Å². The molecule has 5 heteroatoms. The minimum absolute atomic E-state index is 0.108. The van der Waals surface area contributed by atoms with Crippen LogP contribution in [0.5, 0.6) is 0 Å². The van der Waals surface area contributed by atoms with E-state index in [0.717, 1.165) is 11.8 Å². The highest BCUT2D eigenvalue weighted by atomic mass is 32.2. The first-order chi connectivity index (χ1) is 10.7. The number of rotatable bonds is 4. The SMILES string of the molecule is O=Cc1ccccc1N1C(C(=O)O)CSC1c1ccccc1. The first-order valence-corrected chi connectivity index (χ1v) is 7.99. The fourth-order valence-corrected chi connectivity index (χ4v) is 4.13. The lowest BCUT2D eigenvalue weighted by atomic mass is 10.1. The van der Waals surface area contributed by atoms with Gasteiger partial charge in [-0.25, -0.2) is 4.79 Å². The maximum absolute atomic E-state index is 11.6. The third-order valence-corrected chi connectivity index (χ3v) is 5.04. The molecule has 22 heavy (non-hydrogen) atoms. The van der Waals surface area contributed by atoms with Crippen molar-refractivity contribution in [3.05, 3.63) is 65.7 Å². The number of carboxylic acids is 1. The topological polar surface area (TPSA) is 57.6 Å². The summed E-state index contributed by atoms with van der Waals surface area (Å²) in [6, 6.07) is 16.3. The number of hydrogen-bond donors (Lipinski definition) is 1. The highest BCUT2D eigenvalue weighted by molar-refractivity contribution is 8.00. The summed E-state index contributed by atoms with van der Waals surface area (Å²) in [5, 5.41) is 9.42. The van der Waals surface area contributed by atoms with Crippen LogP contribution in [0.1, 0.15) is 21.3 Å². The van der Waals surface area contributed by atoms with Crippen LogP contribution in [-0.2, 0) is 4.79 Å². The van der Waals surface area contributed by atoms with Crippen molar-refractivity contribution < 1.29 is 14.7 Å². The number of aliphatic carboxylic acids is 1. The van der Waals surface area contributed by atoms with E-state index in [2.05, 4.69) is 0 Å². The van der Waals surface area contributed by atoms with Crippen LogP contribution in [0.2, 0.25) is 0 Å². The Kier molecular flexibility index (Phi) is 4.15. The molecule has 2 atom stereocenters. The third-order valence-electron chi connectivity index (χ3n) is 3.71. The van der Waals surface area contributed by atoms with E-state index in [1.165, 1.54) is 0 Å². The molecule has 0 amide bonds. The largest absolute Gasteiger partial charge is 0.480 e. The molecule has 1 aliphatic heterocycles. The van der Waals surface area contributed by atoms with Crippen LogP contribution in [0.15, 0.2) is 54.6 Å². The number of thioether (sulfide) groups is 1. The minimum Gasteiger partial charge on any atom is -0.480 e. The monoisotopic (exact) mass is 313 g/mol.